The third-order valence-corrected chi connectivity index (χ3v) is 4.18. The van der Waals surface area contributed by atoms with Gasteiger partial charge in [0, 0.05) is 33.2 Å². The summed E-state index contributed by atoms with van der Waals surface area (Å²) >= 11 is 0. The second kappa shape index (κ2) is 9.03. The molecule has 0 spiro atoms. The fourth-order valence-electron chi connectivity index (χ4n) is 2.75. The summed E-state index contributed by atoms with van der Waals surface area (Å²) in [5, 5.41) is 0. The van der Waals surface area contributed by atoms with Crippen molar-refractivity contribution in [1.29, 1.82) is 0 Å². The number of carbonyl (C=O) groups excluding carboxylic acids is 2. The summed E-state index contributed by atoms with van der Waals surface area (Å²) in [5.41, 5.74) is 0.593. The van der Waals surface area contributed by atoms with Crippen LogP contribution in [0.4, 0.5) is 4.79 Å². The number of nitrogens with zero attached hydrogens (tertiary/aromatic N) is 2. The Morgan fingerprint density at radius 1 is 1.19 bits per heavy atom. The minimum absolute atomic E-state index is 0.0165. The molecule has 0 aliphatic carbocycles. The molecule has 2 amide bonds. The highest BCUT2D eigenvalue weighted by molar-refractivity contribution is 5.75. The van der Waals surface area contributed by atoms with Crippen LogP contribution in [0.5, 0.6) is 0 Å². The second-order valence-electron chi connectivity index (χ2n) is 7.64. The molecule has 1 heterocycles. The Labute approximate surface area is 156 Å². The molecule has 0 saturated carbocycles. The molecular formula is C20H30N2O4. The highest BCUT2D eigenvalue weighted by Crippen LogP contribution is 2.19. The first-order chi connectivity index (χ1) is 12.3. The van der Waals surface area contributed by atoms with Gasteiger partial charge in [0.25, 0.3) is 0 Å². The predicted octanol–water partition coefficient (Wildman–Crippen LogP) is 3.06. The number of benzene rings is 1. The fourth-order valence-corrected chi connectivity index (χ4v) is 2.75. The molecule has 0 N–H and O–H groups in total. The molecule has 0 bridgehead atoms. The summed E-state index contributed by atoms with van der Waals surface area (Å²) in [4.78, 5) is 27.4. The Kier molecular flexibility index (Phi) is 7.03. The number of hydrogen-bond donors (Lipinski definition) is 0. The topological polar surface area (TPSA) is 59.1 Å². The van der Waals surface area contributed by atoms with Gasteiger partial charge < -0.3 is 19.3 Å². The van der Waals surface area contributed by atoms with Crippen molar-refractivity contribution in [3.63, 3.8) is 0 Å². The van der Waals surface area contributed by atoms with E-state index in [1.165, 1.54) is 0 Å². The summed E-state index contributed by atoms with van der Waals surface area (Å²) in [5.74, 6) is 0.0385. The largest absolute Gasteiger partial charge is 0.444 e. The van der Waals surface area contributed by atoms with Crippen molar-refractivity contribution in [2.24, 2.45) is 0 Å². The molecule has 0 atom stereocenters. The maximum Gasteiger partial charge on any atom is 0.410 e. The normalized spacial score (nSPS) is 14.7. The summed E-state index contributed by atoms with van der Waals surface area (Å²) in [7, 11) is 0. The van der Waals surface area contributed by atoms with Gasteiger partial charge in [-0.05, 0) is 32.8 Å². The number of rotatable bonds is 7. The van der Waals surface area contributed by atoms with E-state index in [2.05, 4.69) is 0 Å². The van der Waals surface area contributed by atoms with Crippen molar-refractivity contribution in [2.75, 3.05) is 26.2 Å². The minimum Gasteiger partial charge on any atom is -0.444 e. The van der Waals surface area contributed by atoms with Gasteiger partial charge in [-0.2, -0.15) is 0 Å². The molecule has 0 unspecified atom stereocenters. The summed E-state index contributed by atoms with van der Waals surface area (Å²) in [6.07, 6.45) is 0.400. The number of hydrogen-bond acceptors (Lipinski definition) is 4. The quantitative estimate of drug-likeness (QED) is 0.700. The van der Waals surface area contributed by atoms with Crippen LogP contribution in [0.15, 0.2) is 30.3 Å². The van der Waals surface area contributed by atoms with Gasteiger partial charge in [-0.25, -0.2) is 4.79 Å². The minimum atomic E-state index is -0.539. The van der Waals surface area contributed by atoms with Crippen molar-refractivity contribution in [1.82, 2.24) is 9.80 Å². The van der Waals surface area contributed by atoms with Crippen molar-refractivity contribution in [3.8, 4) is 0 Å². The Balaban J connectivity index is 1.80. The number of likely N-dealkylation sites (tertiary alicyclic amines) is 1. The number of carbonyl (C=O) groups is 2. The Morgan fingerprint density at radius 3 is 2.42 bits per heavy atom. The smallest absolute Gasteiger partial charge is 0.410 e. The van der Waals surface area contributed by atoms with Gasteiger partial charge in [0.05, 0.1) is 12.6 Å². The molecule has 6 nitrogen and oxygen atoms in total. The average Bonchev–Trinajstić information content (AvgIpc) is 2.50. The zero-order valence-electron chi connectivity index (χ0n) is 16.2. The van der Waals surface area contributed by atoms with E-state index in [4.69, 9.17) is 9.47 Å². The lowest BCUT2D eigenvalue weighted by molar-refractivity contribution is -0.136. The van der Waals surface area contributed by atoms with E-state index in [-0.39, 0.29) is 18.0 Å². The van der Waals surface area contributed by atoms with E-state index in [0.717, 1.165) is 12.0 Å². The van der Waals surface area contributed by atoms with Crippen molar-refractivity contribution in [2.45, 2.75) is 52.4 Å². The van der Waals surface area contributed by atoms with Crippen LogP contribution in [0.1, 0.15) is 39.7 Å². The van der Waals surface area contributed by atoms with Crippen molar-refractivity contribution in [3.05, 3.63) is 35.9 Å². The molecule has 1 fully saturated rings. The van der Waals surface area contributed by atoms with Crippen LogP contribution in [0.3, 0.4) is 0 Å². The summed E-state index contributed by atoms with van der Waals surface area (Å²) in [6.45, 7) is 9.94. The fraction of sp³-hybridized carbons (Fsp3) is 0.600. The molecule has 0 aromatic heterocycles. The standard InChI is InChI=1S/C20H30N2O4/c1-16(23)21-13-18(14-21)22(19(24)26-20(2,3)4)11-8-12-25-15-17-9-6-5-7-10-17/h5-7,9-10,18H,8,11-15H2,1-4H3. The van der Waals surface area contributed by atoms with Gasteiger partial charge >= 0.3 is 6.09 Å². The van der Waals surface area contributed by atoms with Crippen LogP contribution >= 0.6 is 0 Å². The molecule has 6 heteroatoms. The van der Waals surface area contributed by atoms with Gasteiger partial charge in [-0.15, -0.1) is 0 Å². The molecule has 26 heavy (non-hydrogen) atoms. The van der Waals surface area contributed by atoms with Crippen molar-refractivity contribution >= 4 is 12.0 Å². The number of ether oxygens (including phenoxy) is 2. The maximum atomic E-state index is 12.5. The highest BCUT2D eigenvalue weighted by atomic mass is 16.6. The van der Waals surface area contributed by atoms with Gasteiger partial charge in [0.1, 0.15) is 5.60 Å². The van der Waals surface area contributed by atoms with Crippen LogP contribution in [0.25, 0.3) is 0 Å². The average molecular weight is 362 g/mol. The zero-order chi connectivity index (χ0) is 19.2. The van der Waals surface area contributed by atoms with Gasteiger partial charge in [-0.3, -0.25) is 4.79 Å². The maximum absolute atomic E-state index is 12.5. The highest BCUT2D eigenvalue weighted by Gasteiger charge is 2.37. The Hall–Kier alpha value is -2.08. The van der Waals surface area contributed by atoms with Crippen LogP contribution in [-0.4, -0.2) is 59.7 Å². The first-order valence-corrected chi connectivity index (χ1v) is 9.13. The number of amides is 2. The van der Waals surface area contributed by atoms with E-state index < -0.39 is 5.60 Å². The molecule has 1 aromatic carbocycles. The summed E-state index contributed by atoms with van der Waals surface area (Å²) < 4.78 is 11.2. The van der Waals surface area contributed by atoms with Crippen molar-refractivity contribution < 1.29 is 19.1 Å². The molecule has 0 radical (unpaired) electrons. The molecule has 1 aliphatic rings. The lowest BCUT2D eigenvalue weighted by Gasteiger charge is -2.45. The second-order valence-corrected chi connectivity index (χ2v) is 7.64. The van der Waals surface area contributed by atoms with Crippen LogP contribution in [0, 0.1) is 0 Å². The Morgan fingerprint density at radius 2 is 1.85 bits per heavy atom. The monoisotopic (exact) mass is 362 g/mol. The summed E-state index contributed by atoms with van der Waals surface area (Å²) in [6, 6.07) is 10.0. The van der Waals surface area contributed by atoms with E-state index in [9.17, 15) is 9.59 Å². The van der Waals surface area contributed by atoms with Crippen LogP contribution < -0.4 is 0 Å². The van der Waals surface area contributed by atoms with Crippen LogP contribution in [-0.2, 0) is 20.9 Å². The van der Waals surface area contributed by atoms with Gasteiger partial charge in [-0.1, -0.05) is 30.3 Å². The van der Waals surface area contributed by atoms with E-state index >= 15 is 0 Å². The van der Waals surface area contributed by atoms with E-state index in [1.807, 2.05) is 51.1 Å². The molecule has 1 aliphatic heterocycles. The zero-order valence-corrected chi connectivity index (χ0v) is 16.2. The third-order valence-electron chi connectivity index (χ3n) is 4.18. The first-order valence-electron chi connectivity index (χ1n) is 9.13. The third kappa shape index (κ3) is 6.33. The Bertz CT molecular complexity index is 592. The van der Waals surface area contributed by atoms with E-state index in [0.29, 0.717) is 32.8 Å². The van der Waals surface area contributed by atoms with E-state index in [1.54, 1.807) is 16.7 Å². The molecular weight excluding hydrogens is 332 g/mol. The van der Waals surface area contributed by atoms with Gasteiger partial charge in [0.15, 0.2) is 0 Å². The lowest BCUT2D eigenvalue weighted by atomic mass is 10.1. The molecule has 1 aromatic rings. The predicted molar refractivity (Wildman–Crippen MR) is 99.7 cm³/mol. The molecule has 144 valence electrons. The first kappa shape index (κ1) is 20.2. The molecule has 2 rings (SSSR count). The van der Waals surface area contributed by atoms with Gasteiger partial charge in [0.2, 0.25) is 5.91 Å². The lowest BCUT2D eigenvalue weighted by Crippen LogP contribution is -2.62. The van der Waals surface area contributed by atoms with Crippen LogP contribution in [0.2, 0.25) is 0 Å². The molecule has 1 saturated heterocycles. The SMILES string of the molecule is CC(=O)N1CC(N(CCCOCc2ccccc2)C(=O)OC(C)(C)C)C1.